The largest absolute Gasteiger partial charge is 0.374 e. The molecule has 1 N–H and O–H groups in total. The standard InChI is InChI=1S/C15H21N3O2/c1-16-14-8-4-5-11(17-14)15(19)18-9-10-20-13-7-3-2-6-12(13)18/h4-5,8,12-13H,2-3,6-7,9-10H2,1H3,(H,16,17). The summed E-state index contributed by atoms with van der Waals surface area (Å²) in [4.78, 5) is 19.0. The Kier molecular flexibility index (Phi) is 3.87. The monoisotopic (exact) mass is 275 g/mol. The first kappa shape index (κ1) is 13.4. The van der Waals surface area contributed by atoms with E-state index < -0.39 is 0 Å². The summed E-state index contributed by atoms with van der Waals surface area (Å²) in [5, 5.41) is 2.97. The lowest BCUT2D eigenvalue weighted by Crippen LogP contribution is -2.55. The van der Waals surface area contributed by atoms with Gasteiger partial charge >= 0.3 is 0 Å². The Hall–Kier alpha value is -1.62. The maximum Gasteiger partial charge on any atom is 0.272 e. The average molecular weight is 275 g/mol. The van der Waals surface area contributed by atoms with E-state index in [2.05, 4.69) is 10.3 Å². The van der Waals surface area contributed by atoms with Crippen LogP contribution in [0.3, 0.4) is 0 Å². The number of rotatable bonds is 2. The highest BCUT2D eigenvalue weighted by Gasteiger charge is 2.37. The molecule has 1 saturated heterocycles. The topological polar surface area (TPSA) is 54.5 Å². The summed E-state index contributed by atoms with van der Waals surface area (Å²) in [5.41, 5.74) is 0.517. The van der Waals surface area contributed by atoms with Crippen LogP contribution in [0.5, 0.6) is 0 Å². The average Bonchev–Trinajstić information content (AvgIpc) is 2.53. The maximum atomic E-state index is 12.7. The van der Waals surface area contributed by atoms with E-state index in [9.17, 15) is 4.79 Å². The number of nitrogens with zero attached hydrogens (tertiary/aromatic N) is 2. The van der Waals surface area contributed by atoms with Crippen molar-refractivity contribution < 1.29 is 9.53 Å². The Morgan fingerprint density at radius 2 is 2.25 bits per heavy atom. The zero-order chi connectivity index (χ0) is 13.9. The van der Waals surface area contributed by atoms with E-state index in [0.29, 0.717) is 18.8 Å². The molecular formula is C15H21N3O2. The Morgan fingerprint density at radius 1 is 1.40 bits per heavy atom. The molecule has 2 atom stereocenters. The van der Waals surface area contributed by atoms with Crippen molar-refractivity contribution in [1.29, 1.82) is 0 Å². The smallest absolute Gasteiger partial charge is 0.272 e. The van der Waals surface area contributed by atoms with Gasteiger partial charge < -0.3 is 15.0 Å². The SMILES string of the molecule is CNc1cccc(C(=O)N2CCOC3CCCCC32)n1. The summed E-state index contributed by atoms with van der Waals surface area (Å²) in [6.07, 6.45) is 4.71. The minimum Gasteiger partial charge on any atom is -0.374 e. The molecule has 2 fully saturated rings. The number of nitrogens with one attached hydrogen (secondary N) is 1. The van der Waals surface area contributed by atoms with Crippen LogP contribution in [0.1, 0.15) is 36.2 Å². The first-order valence-electron chi connectivity index (χ1n) is 7.37. The predicted octanol–water partition coefficient (Wildman–Crippen LogP) is 1.91. The van der Waals surface area contributed by atoms with Gasteiger partial charge in [-0.05, 0) is 25.0 Å². The van der Waals surface area contributed by atoms with Crippen LogP contribution in [0.25, 0.3) is 0 Å². The van der Waals surface area contributed by atoms with Crippen LogP contribution in [0.2, 0.25) is 0 Å². The van der Waals surface area contributed by atoms with Gasteiger partial charge in [0, 0.05) is 13.6 Å². The van der Waals surface area contributed by atoms with Gasteiger partial charge in [-0.3, -0.25) is 4.79 Å². The molecule has 108 valence electrons. The summed E-state index contributed by atoms with van der Waals surface area (Å²) in [6, 6.07) is 5.74. The number of carbonyl (C=O) groups excluding carboxylic acids is 1. The van der Waals surface area contributed by atoms with Crippen molar-refractivity contribution in [3.05, 3.63) is 23.9 Å². The number of hydrogen-bond donors (Lipinski definition) is 1. The van der Waals surface area contributed by atoms with Gasteiger partial charge in [-0.15, -0.1) is 0 Å². The van der Waals surface area contributed by atoms with Crippen LogP contribution in [0.4, 0.5) is 5.82 Å². The number of pyridine rings is 1. The molecule has 1 saturated carbocycles. The number of aromatic nitrogens is 1. The van der Waals surface area contributed by atoms with Crippen molar-refractivity contribution in [2.45, 2.75) is 37.8 Å². The molecule has 1 aromatic heterocycles. The number of anilines is 1. The summed E-state index contributed by atoms with van der Waals surface area (Å²) in [7, 11) is 1.81. The van der Waals surface area contributed by atoms with Gasteiger partial charge in [0.05, 0.1) is 18.8 Å². The van der Waals surface area contributed by atoms with Gasteiger partial charge in [0.2, 0.25) is 0 Å². The molecule has 0 aromatic carbocycles. The Balaban J connectivity index is 1.81. The molecule has 1 aliphatic carbocycles. The van der Waals surface area contributed by atoms with Crippen molar-refractivity contribution in [2.75, 3.05) is 25.5 Å². The van der Waals surface area contributed by atoms with Crippen molar-refractivity contribution in [1.82, 2.24) is 9.88 Å². The van der Waals surface area contributed by atoms with Crippen LogP contribution in [0.15, 0.2) is 18.2 Å². The number of morpholine rings is 1. The molecule has 0 bridgehead atoms. The molecule has 2 heterocycles. The molecule has 20 heavy (non-hydrogen) atoms. The lowest BCUT2D eigenvalue weighted by molar-refractivity contribution is -0.0754. The van der Waals surface area contributed by atoms with Gasteiger partial charge in [-0.1, -0.05) is 18.9 Å². The highest BCUT2D eigenvalue weighted by Crippen LogP contribution is 2.29. The van der Waals surface area contributed by atoms with Gasteiger partial charge in [0.25, 0.3) is 5.91 Å². The molecular weight excluding hydrogens is 254 g/mol. The van der Waals surface area contributed by atoms with E-state index in [-0.39, 0.29) is 18.1 Å². The Bertz CT molecular complexity index is 490. The molecule has 1 aromatic rings. The quantitative estimate of drug-likeness (QED) is 0.895. The second kappa shape index (κ2) is 5.79. The number of fused-ring (bicyclic) bond motifs is 1. The molecule has 0 spiro atoms. The molecule has 1 amide bonds. The third kappa shape index (κ3) is 2.50. The van der Waals surface area contributed by atoms with Crippen molar-refractivity contribution in [3.63, 3.8) is 0 Å². The fourth-order valence-electron chi connectivity index (χ4n) is 3.19. The third-order valence-corrected chi connectivity index (χ3v) is 4.22. The van der Waals surface area contributed by atoms with Crippen molar-refractivity contribution in [3.8, 4) is 0 Å². The zero-order valence-electron chi connectivity index (χ0n) is 11.8. The number of amides is 1. The number of hydrogen-bond acceptors (Lipinski definition) is 4. The van der Waals surface area contributed by atoms with E-state index >= 15 is 0 Å². The fraction of sp³-hybridized carbons (Fsp3) is 0.600. The molecule has 2 unspecified atom stereocenters. The summed E-state index contributed by atoms with van der Waals surface area (Å²) in [6.45, 7) is 1.31. The first-order chi connectivity index (χ1) is 9.79. The van der Waals surface area contributed by atoms with Gasteiger partial charge in [-0.25, -0.2) is 4.98 Å². The lowest BCUT2D eigenvalue weighted by Gasteiger charge is -2.43. The van der Waals surface area contributed by atoms with Crippen LogP contribution in [-0.4, -0.2) is 48.1 Å². The van der Waals surface area contributed by atoms with Crippen molar-refractivity contribution in [2.24, 2.45) is 0 Å². The Labute approximate surface area is 119 Å². The number of ether oxygens (including phenoxy) is 1. The molecule has 1 aliphatic heterocycles. The highest BCUT2D eigenvalue weighted by molar-refractivity contribution is 5.93. The van der Waals surface area contributed by atoms with Crippen LogP contribution in [-0.2, 0) is 4.74 Å². The third-order valence-electron chi connectivity index (χ3n) is 4.22. The van der Waals surface area contributed by atoms with Crippen LogP contribution in [0, 0.1) is 0 Å². The molecule has 0 radical (unpaired) electrons. The second-order valence-electron chi connectivity index (χ2n) is 5.42. The van der Waals surface area contributed by atoms with E-state index in [0.717, 1.165) is 18.7 Å². The zero-order valence-corrected chi connectivity index (χ0v) is 11.8. The fourth-order valence-corrected chi connectivity index (χ4v) is 3.19. The van der Waals surface area contributed by atoms with Crippen LogP contribution >= 0.6 is 0 Å². The van der Waals surface area contributed by atoms with E-state index in [1.807, 2.05) is 24.1 Å². The minimum atomic E-state index is 0.0299. The normalized spacial score (nSPS) is 25.9. The minimum absolute atomic E-state index is 0.0299. The van der Waals surface area contributed by atoms with Gasteiger partial charge in [0.1, 0.15) is 11.5 Å². The summed E-state index contributed by atoms with van der Waals surface area (Å²) >= 11 is 0. The van der Waals surface area contributed by atoms with Gasteiger partial charge in [-0.2, -0.15) is 0 Å². The van der Waals surface area contributed by atoms with E-state index in [1.54, 1.807) is 6.07 Å². The number of carbonyl (C=O) groups is 1. The maximum absolute atomic E-state index is 12.7. The summed E-state index contributed by atoms with van der Waals surface area (Å²) < 4.78 is 5.82. The predicted molar refractivity (Wildman–Crippen MR) is 76.8 cm³/mol. The summed E-state index contributed by atoms with van der Waals surface area (Å²) in [5.74, 6) is 0.756. The highest BCUT2D eigenvalue weighted by atomic mass is 16.5. The molecule has 3 rings (SSSR count). The Morgan fingerprint density at radius 3 is 3.10 bits per heavy atom. The van der Waals surface area contributed by atoms with E-state index in [4.69, 9.17) is 4.74 Å². The molecule has 5 heteroatoms. The van der Waals surface area contributed by atoms with Crippen molar-refractivity contribution >= 4 is 11.7 Å². The van der Waals surface area contributed by atoms with Gasteiger partial charge in [0.15, 0.2) is 0 Å². The lowest BCUT2D eigenvalue weighted by atomic mass is 9.90. The van der Waals surface area contributed by atoms with E-state index in [1.165, 1.54) is 12.8 Å². The second-order valence-corrected chi connectivity index (χ2v) is 5.42. The molecule has 2 aliphatic rings. The molecule has 5 nitrogen and oxygen atoms in total. The first-order valence-corrected chi connectivity index (χ1v) is 7.37. The van der Waals surface area contributed by atoms with Crippen LogP contribution < -0.4 is 5.32 Å².